The van der Waals surface area contributed by atoms with Crippen LogP contribution in [0.15, 0.2) is 28.2 Å². The van der Waals surface area contributed by atoms with Crippen molar-refractivity contribution >= 4 is 29.9 Å². The van der Waals surface area contributed by atoms with Gasteiger partial charge in [0.1, 0.15) is 5.76 Å². The Hall–Kier alpha value is -1.58. The second-order valence-corrected chi connectivity index (χ2v) is 7.36. The first-order valence-corrected chi connectivity index (χ1v) is 9.37. The first-order valence-electron chi connectivity index (χ1n) is 9.37. The largest absolute Gasteiger partial charge is 0.361 e. The van der Waals surface area contributed by atoms with Gasteiger partial charge >= 0.3 is 0 Å². The molecule has 3 rings (SSSR count). The van der Waals surface area contributed by atoms with Crippen LogP contribution in [0.4, 0.5) is 0 Å². The third kappa shape index (κ3) is 4.83. The van der Waals surface area contributed by atoms with Crippen LogP contribution in [0, 0.1) is 19.8 Å². The second-order valence-electron chi connectivity index (χ2n) is 7.36. The summed E-state index contributed by atoms with van der Waals surface area (Å²) in [6.07, 6.45) is 6.97. The number of piperidine rings is 1. The Bertz CT molecular complexity index is 722. The van der Waals surface area contributed by atoms with Gasteiger partial charge in [-0.3, -0.25) is 4.99 Å². The quantitative estimate of drug-likeness (QED) is 0.408. The number of guanidine groups is 1. The van der Waals surface area contributed by atoms with Crippen LogP contribution in [-0.2, 0) is 0 Å². The molecule has 3 heterocycles. The lowest BCUT2D eigenvalue weighted by molar-refractivity contribution is 0.189. The normalized spacial score (nSPS) is 21.7. The lowest BCUT2D eigenvalue weighted by atomic mass is 9.93. The molecular formula is C19H31IN6O. The average Bonchev–Trinajstić information content (AvgIpc) is 3.26. The highest BCUT2D eigenvalue weighted by Crippen LogP contribution is 2.27. The molecule has 8 heteroatoms. The Balaban J connectivity index is 0.00000261. The molecule has 27 heavy (non-hydrogen) atoms. The number of hydrogen-bond acceptors (Lipinski definition) is 4. The number of nitrogens with one attached hydrogen (secondary N) is 1. The van der Waals surface area contributed by atoms with Crippen LogP contribution < -0.4 is 5.32 Å². The molecule has 1 aliphatic heterocycles. The Morgan fingerprint density at radius 3 is 2.81 bits per heavy atom. The zero-order valence-electron chi connectivity index (χ0n) is 16.8. The summed E-state index contributed by atoms with van der Waals surface area (Å²) in [6.45, 7) is 11.2. The van der Waals surface area contributed by atoms with Crippen LogP contribution in [-0.4, -0.2) is 52.2 Å². The third-order valence-corrected chi connectivity index (χ3v) is 5.49. The van der Waals surface area contributed by atoms with Crippen LogP contribution in [0.3, 0.4) is 0 Å². The van der Waals surface area contributed by atoms with E-state index in [1.54, 1.807) is 0 Å². The molecule has 1 saturated heterocycles. The number of aromatic nitrogens is 3. The van der Waals surface area contributed by atoms with Gasteiger partial charge in [0.2, 0.25) is 0 Å². The van der Waals surface area contributed by atoms with Gasteiger partial charge in [0, 0.05) is 50.6 Å². The zero-order valence-corrected chi connectivity index (χ0v) is 19.2. The number of aliphatic imine (C=N–C) groups is 1. The summed E-state index contributed by atoms with van der Waals surface area (Å²) in [5.41, 5.74) is 2.16. The molecule has 2 aromatic heterocycles. The fourth-order valence-electron chi connectivity index (χ4n) is 3.97. The van der Waals surface area contributed by atoms with Crippen molar-refractivity contribution in [3.63, 3.8) is 0 Å². The predicted molar refractivity (Wildman–Crippen MR) is 118 cm³/mol. The van der Waals surface area contributed by atoms with Crippen molar-refractivity contribution < 1.29 is 4.52 Å². The van der Waals surface area contributed by atoms with Crippen LogP contribution in [0.25, 0.3) is 0 Å². The molecule has 0 saturated carbocycles. The average molecular weight is 486 g/mol. The number of nitrogens with zero attached hydrogens (tertiary/aromatic N) is 5. The smallest absolute Gasteiger partial charge is 0.193 e. The summed E-state index contributed by atoms with van der Waals surface area (Å²) in [5, 5.41) is 7.61. The topological polar surface area (TPSA) is 71.5 Å². The minimum Gasteiger partial charge on any atom is -0.361 e. The van der Waals surface area contributed by atoms with Crippen molar-refractivity contribution in [3.05, 3.63) is 35.7 Å². The maximum absolute atomic E-state index is 5.31. The lowest BCUT2D eigenvalue weighted by Crippen LogP contribution is -2.49. The third-order valence-electron chi connectivity index (χ3n) is 5.49. The molecule has 2 aromatic rings. The summed E-state index contributed by atoms with van der Waals surface area (Å²) >= 11 is 0. The van der Waals surface area contributed by atoms with Gasteiger partial charge in [0.15, 0.2) is 5.96 Å². The van der Waals surface area contributed by atoms with Gasteiger partial charge < -0.3 is 19.3 Å². The number of aryl methyl sites for hydroxylation is 2. The molecule has 1 aliphatic rings. The van der Waals surface area contributed by atoms with Gasteiger partial charge in [-0.05, 0) is 26.2 Å². The van der Waals surface area contributed by atoms with Crippen molar-refractivity contribution in [3.8, 4) is 0 Å². The van der Waals surface area contributed by atoms with Crippen LogP contribution >= 0.6 is 24.0 Å². The van der Waals surface area contributed by atoms with Crippen LogP contribution in [0.5, 0.6) is 0 Å². The number of hydrogen-bond donors (Lipinski definition) is 1. The van der Waals surface area contributed by atoms with Gasteiger partial charge in [-0.1, -0.05) is 19.0 Å². The standard InChI is InChI=1S/C19H30N6O.HI/c1-13-6-8-24(11-17(13)25-9-7-21-12-25)19(20-5)22-10-14(2)18-15(3)23-26-16(18)4;/h7,9,12-14,17H,6,8,10-11H2,1-5H3,(H,20,22);1H. The fraction of sp³-hybridized carbons (Fsp3) is 0.632. The Morgan fingerprint density at radius 1 is 1.44 bits per heavy atom. The number of likely N-dealkylation sites (tertiary alicyclic amines) is 1. The molecule has 0 radical (unpaired) electrons. The number of imidazole rings is 1. The highest BCUT2D eigenvalue weighted by molar-refractivity contribution is 14.0. The summed E-state index contributed by atoms with van der Waals surface area (Å²) in [6, 6.07) is 0.421. The van der Waals surface area contributed by atoms with E-state index in [0.717, 1.165) is 43.5 Å². The summed E-state index contributed by atoms with van der Waals surface area (Å²) in [4.78, 5) is 11.1. The molecule has 0 spiro atoms. The van der Waals surface area contributed by atoms with Gasteiger partial charge in [-0.2, -0.15) is 0 Å². The SMILES string of the molecule is CN=C(NCC(C)c1c(C)noc1C)N1CCC(C)C(n2ccnc2)C1.I. The monoisotopic (exact) mass is 486 g/mol. The molecule has 0 aromatic carbocycles. The second kappa shape index (κ2) is 9.57. The van der Waals surface area contributed by atoms with Crippen molar-refractivity contribution in [2.75, 3.05) is 26.7 Å². The van der Waals surface area contributed by atoms with E-state index in [0.29, 0.717) is 17.9 Å². The lowest BCUT2D eigenvalue weighted by Gasteiger charge is -2.39. The minimum absolute atomic E-state index is 0. The van der Waals surface area contributed by atoms with Gasteiger partial charge in [0.25, 0.3) is 0 Å². The van der Waals surface area contributed by atoms with E-state index in [2.05, 4.69) is 50.0 Å². The minimum atomic E-state index is 0. The summed E-state index contributed by atoms with van der Waals surface area (Å²) in [5.74, 6) is 2.80. The van der Waals surface area contributed by atoms with Crippen molar-refractivity contribution in [2.45, 2.75) is 46.1 Å². The molecule has 1 N–H and O–H groups in total. The van der Waals surface area contributed by atoms with E-state index in [1.165, 1.54) is 5.56 Å². The molecule has 0 bridgehead atoms. The molecule has 7 nitrogen and oxygen atoms in total. The van der Waals surface area contributed by atoms with Gasteiger partial charge in [-0.25, -0.2) is 4.98 Å². The van der Waals surface area contributed by atoms with E-state index in [-0.39, 0.29) is 24.0 Å². The Labute approximate surface area is 178 Å². The predicted octanol–water partition coefficient (Wildman–Crippen LogP) is 3.37. The maximum atomic E-state index is 5.31. The molecular weight excluding hydrogens is 455 g/mol. The molecule has 3 unspecified atom stereocenters. The van der Waals surface area contributed by atoms with Gasteiger partial charge in [-0.15, -0.1) is 24.0 Å². The maximum Gasteiger partial charge on any atom is 0.193 e. The first-order chi connectivity index (χ1) is 12.5. The number of halogens is 1. The van der Waals surface area contributed by atoms with E-state index in [4.69, 9.17) is 4.52 Å². The zero-order chi connectivity index (χ0) is 18.7. The van der Waals surface area contributed by atoms with E-state index >= 15 is 0 Å². The highest BCUT2D eigenvalue weighted by Gasteiger charge is 2.29. The summed E-state index contributed by atoms with van der Waals surface area (Å²) < 4.78 is 7.52. The molecule has 0 amide bonds. The molecule has 1 fully saturated rings. The fourth-order valence-corrected chi connectivity index (χ4v) is 3.97. The first kappa shape index (κ1) is 21.7. The van der Waals surface area contributed by atoms with E-state index in [9.17, 15) is 0 Å². The van der Waals surface area contributed by atoms with Crippen molar-refractivity contribution in [2.24, 2.45) is 10.9 Å². The van der Waals surface area contributed by atoms with E-state index < -0.39 is 0 Å². The van der Waals surface area contributed by atoms with E-state index in [1.807, 2.05) is 33.4 Å². The van der Waals surface area contributed by atoms with Crippen LogP contribution in [0.1, 0.15) is 49.2 Å². The van der Waals surface area contributed by atoms with Crippen LogP contribution in [0.2, 0.25) is 0 Å². The number of rotatable bonds is 4. The van der Waals surface area contributed by atoms with Gasteiger partial charge in [0.05, 0.1) is 18.1 Å². The van der Waals surface area contributed by atoms with Crippen molar-refractivity contribution in [1.29, 1.82) is 0 Å². The summed E-state index contributed by atoms with van der Waals surface area (Å²) in [7, 11) is 1.85. The highest BCUT2D eigenvalue weighted by atomic mass is 127. The Kier molecular flexibility index (Phi) is 7.69. The Morgan fingerprint density at radius 2 is 2.22 bits per heavy atom. The molecule has 3 atom stereocenters. The molecule has 0 aliphatic carbocycles. The molecule has 150 valence electrons. The van der Waals surface area contributed by atoms with Crippen molar-refractivity contribution in [1.82, 2.24) is 24.9 Å².